The van der Waals surface area contributed by atoms with Gasteiger partial charge in [-0.1, -0.05) is 109 Å². The molecule has 1 aromatic rings. The molecule has 0 aliphatic heterocycles. The molecule has 3 fully saturated rings. The van der Waals surface area contributed by atoms with Gasteiger partial charge in [-0.05, 0) is 109 Å². The first-order valence-electron chi connectivity index (χ1n) is 17.3. The van der Waals surface area contributed by atoms with Crippen LogP contribution >= 0.6 is 0 Å². The van der Waals surface area contributed by atoms with Gasteiger partial charge < -0.3 is 9.84 Å². The Balaban J connectivity index is 1.44. The maximum atomic E-state index is 13.1. The molecule has 232 valence electrons. The summed E-state index contributed by atoms with van der Waals surface area (Å²) in [7, 11) is 0. The number of benzene rings is 1. The van der Waals surface area contributed by atoms with E-state index in [2.05, 4.69) is 77.6 Å². The van der Waals surface area contributed by atoms with Gasteiger partial charge in [-0.25, -0.2) is 0 Å². The molecule has 0 radical (unpaired) electrons. The average molecular weight is 575 g/mol. The molecule has 0 aromatic heterocycles. The maximum Gasteiger partial charge on any atom is 0.306 e. The van der Waals surface area contributed by atoms with E-state index in [1.165, 1.54) is 62.5 Å². The van der Waals surface area contributed by atoms with Gasteiger partial charge in [0.25, 0.3) is 0 Å². The largest absolute Gasteiger partial charge is 0.461 e. The van der Waals surface area contributed by atoms with E-state index >= 15 is 0 Å². The number of ether oxygens (including phenoxy) is 1. The van der Waals surface area contributed by atoms with Crippen LogP contribution in [0.1, 0.15) is 117 Å². The molecule has 1 aromatic carbocycles. The van der Waals surface area contributed by atoms with Crippen LogP contribution in [0.4, 0.5) is 0 Å². The zero-order valence-corrected chi connectivity index (χ0v) is 27.2. The van der Waals surface area contributed by atoms with E-state index in [0.717, 1.165) is 36.5 Å². The highest BCUT2D eigenvalue weighted by Gasteiger charge is 2.61. The highest BCUT2D eigenvalue weighted by Crippen LogP contribution is 2.69. The molecule has 0 saturated heterocycles. The quantitative estimate of drug-likeness (QED) is 0.211. The van der Waals surface area contributed by atoms with Crippen molar-refractivity contribution < 1.29 is 14.6 Å². The molecule has 10 atom stereocenters. The van der Waals surface area contributed by atoms with Crippen molar-refractivity contribution in [3.05, 3.63) is 60.2 Å². The van der Waals surface area contributed by atoms with E-state index in [0.29, 0.717) is 23.7 Å². The first-order valence-corrected chi connectivity index (χ1v) is 17.3. The van der Waals surface area contributed by atoms with E-state index in [4.69, 9.17) is 4.74 Å². The summed E-state index contributed by atoms with van der Waals surface area (Å²) in [4.78, 5) is 13.1. The van der Waals surface area contributed by atoms with Crippen molar-refractivity contribution in [2.24, 2.45) is 52.3 Å². The van der Waals surface area contributed by atoms with Crippen molar-refractivity contribution in [2.75, 3.05) is 6.61 Å². The number of esters is 1. The number of carbonyl (C=O) groups excluding carboxylic acids is 1. The van der Waals surface area contributed by atoms with Crippen molar-refractivity contribution in [3.63, 3.8) is 0 Å². The van der Waals surface area contributed by atoms with Crippen LogP contribution in [0.15, 0.2) is 54.6 Å². The van der Waals surface area contributed by atoms with Gasteiger partial charge in [0.2, 0.25) is 0 Å². The Morgan fingerprint density at radius 3 is 2.55 bits per heavy atom. The van der Waals surface area contributed by atoms with E-state index in [1.54, 1.807) is 6.08 Å². The summed E-state index contributed by atoms with van der Waals surface area (Å²) < 4.78 is 5.55. The number of hydrogen-bond donors (Lipinski definition) is 1. The standard InChI is InChI=1S/C39H58O3/c1-7-22-42-37(41)25-32(28-14-9-8-10-15-28)36-24-30(40)23-29-16-17-31-34-19-18-33(27(4)13-11-12-26(2)3)38(34,5)21-20-35(31)39(29,36)6/h7-10,14-16,26-27,30-36,40H,1,11-13,17-25H2,2-6H3/t27-,30-,31+,32?,33-,34+,35+,36?,38-,39+/m1/s1. The molecule has 3 saturated carbocycles. The number of aliphatic hydroxyl groups excluding tert-OH is 1. The molecule has 3 heteroatoms. The van der Waals surface area contributed by atoms with Crippen molar-refractivity contribution >= 4 is 5.97 Å². The summed E-state index contributed by atoms with van der Waals surface area (Å²) in [5, 5.41) is 11.2. The predicted molar refractivity (Wildman–Crippen MR) is 173 cm³/mol. The Kier molecular flexibility index (Phi) is 9.77. The highest BCUT2D eigenvalue weighted by molar-refractivity contribution is 5.71. The fourth-order valence-electron chi connectivity index (χ4n) is 11.0. The van der Waals surface area contributed by atoms with Gasteiger partial charge in [-0.3, -0.25) is 4.79 Å². The Morgan fingerprint density at radius 1 is 1.07 bits per heavy atom. The predicted octanol–water partition coefficient (Wildman–Crippen LogP) is 9.52. The molecule has 0 bridgehead atoms. The molecule has 0 spiro atoms. The van der Waals surface area contributed by atoms with Gasteiger partial charge in [0.05, 0.1) is 12.5 Å². The van der Waals surface area contributed by atoms with E-state index in [-0.39, 0.29) is 35.9 Å². The van der Waals surface area contributed by atoms with Crippen LogP contribution in [-0.4, -0.2) is 23.8 Å². The fourth-order valence-corrected chi connectivity index (χ4v) is 11.0. The third-order valence-electron chi connectivity index (χ3n) is 13.0. The lowest BCUT2D eigenvalue weighted by Gasteiger charge is -2.61. The number of rotatable bonds is 11. The molecule has 4 aliphatic rings. The van der Waals surface area contributed by atoms with Gasteiger partial charge in [-0.15, -0.1) is 0 Å². The van der Waals surface area contributed by atoms with Crippen molar-refractivity contribution in [2.45, 2.75) is 117 Å². The van der Waals surface area contributed by atoms with E-state index < -0.39 is 0 Å². The summed E-state index contributed by atoms with van der Waals surface area (Å²) in [5.41, 5.74) is 3.10. The van der Waals surface area contributed by atoms with Gasteiger partial charge in [0, 0.05) is 0 Å². The molecule has 2 unspecified atom stereocenters. The first kappa shape index (κ1) is 31.6. The molecule has 5 rings (SSSR count). The minimum absolute atomic E-state index is 0.0102. The number of fused-ring (bicyclic) bond motifs is 5. The van der Waals surface area contributed by atoms with Gasteiger partial charge in [-0.2, -0.15) is 0 Å². The number of hydrogen-bond acceptors (Lipinski definition) is 3. The van der Waals surface area contributed by atoms with Gasteiger partial charge in [0.1, 0.15) is 6.61 Å². The van der Waals surface area contributed by atoms with Crippen molar-refractivity contribution in [3.8, 4) is 0 Å². The monoisotopic (exact) mass is 574 g/mol. The van der Waals surface area contributed by atoms with Crippen LogP contribution in [-0.2, 0) is 9.53 Å². The average Bonchev–Trinajstić information content (AvgIpc) is 3.32. The lowest BCUT2D eigenvalue weighted by molar-refractivity contribution is -0.144. The maximum absolute atomic E-state index is 13.1. The van der Waals surface area contributed by atoms with Crippen LogP contribution in [0.3, 0.4) is 0 Å². The summed E-state index contributed by atoms with van der Waals surface area (Å²) in [5.74, 6) is 4.61. The fraction of sp³-hybridized carbons (Fsp3) is 0.718. The van der Waals surface area contributed by atoms with Crippen LogP contribution in [0.5, 0.6) is 0 Å². The van der Waals surface area contributed by atoms with Gasteiger partial charge in [0.15, 0.2) is 0 Å². The minimum atomic E-state index is -0.349. The second-order valence-corrected chi connectivity index (χ2v) is 15.5. The summed E-state index contributed by atoms with van der Waals surface area (Å²) >= 11 is 0. The van der Waals surface area contributed by atoms with Gasteiger partial charge >= 0.3 is 5.97 Å². The number of allylic oxidation sites excluding steroid dienone is 1. The normalized spacial score (nSPS) is 37.2. The molecule has 0 amide bonds. The molecular formula is C39H58O3. The number of carbonyl (C=O) groups is 1. The molecule has 3 nitrogen and oxygen atoms in total. The summed E-state index contributed by atoms with van der Waals surface area (Å²) in [6, 6.07) is 10.6. The van der Waals surface area contributed by atoms with Crippen LogP contribution in [0, 0.1) is 52.3 Å². The lowest BCUT2D eigenvalue weighted by Crippen LogP contribution is -2.55. The Morgan fingerprint density at radius 2 is 1.83 bits per heavy atom. The summed E-state index contributed by atoms with van der Waals surface area (Å²) in [6.45, 7) is 16.4. The topological polar surface area (TPSA) is 46.5 Å². The minimum Gasteiger partial charge on any atom is -0.461 e. The number of aliphatic hydroxyl groups is 1. The zero-order valence-electron chi connectivity index (χ0n) is 27.2. The van der Waals surface area contributed by atoms with E-state index in [9.17, 15) is 9.90 Å². The van der Waals surface area contributed by atoms with Crippen LogP contribution in [0.25, 0.3) is 0 Å². The lowest BCUT2D eigenvalue weighted by atomic mass is 9.43. The van der Waals surface area contributed by atoms with Crippen LogP contribution < -0.4 is 0 Å². The highest BCUT2D eigenvalue weighted by atomic mass is 16.5. The smallest absolute Gasteiger partial charge is 0.306 e. The van der Waals surface area contributed by atoms with Crippen molar-refractivity contribution in [1.82, 2.24) is 0 Å². The SMILES string of the molecule is C=CCOC(=O)CC(c1ccccc1)C1C[C@H](O)CC2=CC[C@H]3[C@@H]4CC[C@H]([C@H](C)CCCC(C)C)[C@@]4(C)CC[C@@H]3[C@]21C. The first-order chi connectivity index (χ1) is 20.1. The van der Waals surface area contributed by atoms with Crippen molar-refractivity contribution in [1.29, 1.82) is 0 Å². The third-order valence-corrected chi connectivity index (χ3v) is 13.0. The Hall–Kier alpha value is -1.87. The van der Waals surface area contributed by atoms with Crippen LogP contribution in [0.2, 0.25) is 0 Å². The molecule has 0 heterocycles. The second kappa shape index (κ2) is 13.0. The second-order valence-electron chi connectivity index (χ2n) is 15.5. The molecule has 4 aliphatic carbocycles. The van der Waals surface area contributed by atoms with E-state index in [1.807, 2.05) is 0 Å². The Labute approximate surface area is 256 Å². The zero-order chi connectivity index (χ0) is 30.1. The molecule has 1 N–H and O–H groups in total. The third kappa shape index (κ3) is 5.93. The Bertz CT molecular complexity index is 1110. The summed E-state index contributed by atoms with van der Waals surface area (Å²) in [6.07, 6.45) is 16.4. The molecular weight excluding hydrogens is 516 g/mol. The molecule has 42 heavy (non-hydrogen) atoms.